The zero-order valence-electron chi connectivity index (χ0n) is 32.1. The van der Waals surface area contributed by atoms with Crippen molar-refractivity contribution in [2.75, 3.05) is 39.4 Å². The SMILES string of the molecule is CC(C)(C)OC(=O)N(CCCCN(Cc1nccc2c3ccccc3n(CC(=O)N3CCOCC3)c12)[C@H]1CCCc2cccnc21)C(=O)OC(C)(C)C. The number of benzene rings is 1. The van der Waals surface area contributed by atoms with Crippen LogP contribution < -0.4 is 0 Å². The van der Waals surface area contributed by atoms with Gasteiger partial charge in [-0.3, -0.25) is 19.7 Å². The van der Waals surface area contributed by atoms with Crippen LogP contribution >= 0.6 is 0 Å². The van der Waals surface area contributed by atoms with E-state index in [0.29, 0.717) is 52.2 Å². The Bertz CT molecular complexity index is 1890. The zero-order valence-corrected chi connectivity index (χ0v) is 32.1. The van der Waals surface area contributed by atoms with E-state index in [1.54, 1.807) is 41.5 Å². The van der Waals surface area contributed by atoms with Crippen LogP contribution in [0.2, 0.25) is 0 Å². The third kappa shape index (κ3) is 9.34. The Kier molecular flexibility index (Phi) is 11.7. The van der Waals surface area contributed by atoms with Crippen LogP contribution in [0.5, 0.6) is 0 Å². The van der Waals surface area contributed by atoms with Crippen molar-refractivity contribution < 1.29 is 28.6 Å². The molecule has 12 nitrogen and oxygen atoms in total. The lowest BCUT2D eigenvalue weighted by Gasteiger charge is -2.35. The number of carbonyl (C=O) groups is 3. The maximum absolute atomic E-state index is 13.7. The van der Waals surface area contributed by atoms with Crippen LogP contribution in [0.15, 0.2) is 54.9 Å². The van der Waals surface area contributed by atoms with Crippen molar-refractivity contribution >= 4 is 39.9 Å². The Labute approximate surface area is 312 Å². The molecule has 12 heteroatoms. The van der Waals surface area contributed by atoms with Crippen molar-refractivity contribution in [1.29, 1.82) is 0 Å². The standard InChI is InChI=1S/C41H54N6O6/c1-40(2,3)52-38(49)46(39(50)53-41(4,5)6)22-10-9-21-45(34-17-11-13-29-14-12-19-43-36(29)34)27-32-37-31(18-20-42-32)30-15-7-8-16-33(30)47(37)28-35(48)44-23-25-51-26-24-44/h7-8,12,14-16,18-20,34H,9-11,13,17,21-28H2,1-6H3/t34-/m0/s1. The molecule has 1 fully saturated rings. The van der Waals surface area contributed by atoms with Crippen LogP contribution in [0.25, 0.3) is 21.8 Å². The highest BCUT2D eigenvalue weighted by atomic mass is 16.6. The maximum Gasteiger partial charge on any atom is 0.419 e. The molecule has 0 unspecified atom stereocenters. The second-order valence-corrected chi connectivity index (χ2v) is 16.0. The fourth-order valence-electron chi connectivity index (χ4n) is 7.35. The molecule has 0 spiro atoms. The number of aromatic nitrogens is 3. The smallest absolute Gasteiger partial charge is 0.419 e. The van der Waals surface area contributed by atoms with Crippen LogP contribution in [0, 0.1) is 0 Å². The van der Waals surface area contributed by atoms with Gasteiger partial charge >= 0.3 is 12.2 Å². The number of para-hydroxylation sites is 1. The van der Waals surface area contributed by atoms with Crippen LogP contribution in [0.4, 0.5) is 9.59 Å². The average Bonchev–Trinajstić information content (AvgIpc) is 3.43. The number of nitrogens with zero attached hydrogens (tertiary/aromatic N) is 6. The fraction of sp³-hybridized carbons (Fsp3) is 0.537. The van der Waals surface area contributed by atoms with Gasteiger partial charge in [-0.2, -0.15) is 0 Å². The summed E-state index contributed by atoms with van der Waals surface area (Å²) in [5, 5.41) is 2.15. The van der Waals surface area contributed by atoms with Crippen molar-refractivity contribution in [1.82, 2.24) is 29.2 Å². The van der Waals surface area contributed by atoms with E-state index < -0.39 is 23.4 Å². The number of aryl methyl sites for hydroxylation is 1. The molecule has 4 aromatic rings. The van der Waals surface area contributed by atoms with Gasteiger partial charge in [0.15, 0.2) is 0 Å². The van der Waals surface area contributed by atoms with E-state index in [4.69, 9.17) is 24.2 Å². The molecule has 0 saturated carbocycles. The molecule has 1 atom stereocenters. The van der Waals surface area contributed by atoms with Gasteiger partial charge in [-0.15, -0.1) is 0 Å². The van der Waals surface area contributed by atoms with Gasteiger partial charge < -0.3 is 23.7 Å². The minimum Gasteiger partial charge on any atom is -0.443 e. The zero-order chi connectivity index (χ0) is 37.8. The van der Waals surface area contributed by atoms with E-state index >= 15 is 0 Å². The lowest BCUT2D eigenvalue weighted by atomic mass is 9.90. The summed E-state index contributed by atoms with van der Waals surface area (Å²) in [5.74, 6) is 0.0625. The number of hydrogen-bond donors (Lipinski definition) is 0. The summed E-state index contributed by atoms with van der Waals surface area (Å²) in [5.41, 5.74) is 3.65. The van der Waals surface area contributed by atoms with Gasteiger partial charge in [0.05, 0.1) is 36.2 Å². The predicted molar refractivity (Wildman–Crippen MR) is 203 cm³/mol. The van der Waals surface area contributed by atoms with Crippen LogP contribution in [0.3, 0.4) is 0 Å². The number of unbranched alkanes of at least 4 members (excludes halogenated alkanes) is 1. The molecule has 3 amide bonds. The number of ether oxygens (including phenoxy) is 3. The summed E-state index contributed by atoms with van der Waals surface area (Å²) in [6, 6.07) is 14.5. The maximum atomic E-state index is 13.7. The Hall–Kier alpha value is -4.55. The van der Waals surface area contributed by atoms with E-state index in [9.17, 15) is 14.4 Å². The van der Waals surface area contributed by atoms with Gasteiger partial charge in [-0.05, 0) is 104 Å². The predicted octanol–water partition coefficient (Wildman–Crippen LogP) is 7.28. The summed E-state index contributed by atoms with van der Waals surface area (Å²) in [6.07, 6.45) is 6.50. The normalized spacial score (nSPS) is 16.5. The highest BCUT2D eigenvalue weighted by Crippen LogP contribution is 2.36. The van der Waals surface area contributed by atoms with Crippen molar-refractivity contribution in [3.8, 4) is 0 Å². The number of pyridine rings is 2. The topological polar surface area (TPSA) is 119 Å². The van der Waals surface area contributed by atoms with Crippen molar-refractivity contribution in [3.05, 3.63) is 71.8 Å². The van der Waals surface area contributed by atoms with E-state index in [2.05, 4.69) is 27.7 Å². The Morgan fingerprint density at radius 2 is 1.55 bits per heavy atom. The number of imide groups is 1. The first kappa shape index (κ1) is 38.2. The molecular weight excluding hydrogens is 672 g/mol. The molecule has 3 aromatic heterocycles. The summed E-state index contributed by atoms with van der Waals surface area (Å²) in [6.45, 7) is 14.5. The highest BCUT2D eigenvalue weighted by Gasteiger charge is 2.32. The number of carbonyl (C=O) groups excluding carboxylic acids is 3. The first-order valence-electron chi connectivity index (χ1n) is 18.9. The molecule has 284 valence electrons. The Morgan fingerprint density at radius 1 is 0.849 bits per heavy atom. The summed E-state index contributed by atoms with van der Waals surface area (Å²) >= 11 is 0. The molecule has 1 aliphatic heterocycles. The van der Waals surface area contributed by atoms with Gasteiger partial charge in [-0.1, -0.05) is 24.3 Å². The van der Waals surface area contributed by atoms with Crippen molar-refractivity contribution in [3.63, 3.8) is 0 Å². The second kappa shape index (κ2) is 16.2. The number of amides is 3. The lowest BCUT2D eigenvalue weighted by molar-refractivity contribution is -0.135. The Morgan fingerprint density at radius 3 is 2.26 bits per heavy atom. The summed E-state index contributed by atoms with van der Waals surface area (Å²) in [7, 11) is 0. The van der Waals surface area contributed by atoms with E-state index in [-0.39, 0.29) is 25.0 Å². The van der Waals surface area contributed by atoms with Gasteiger partial charge in [0.1, 0.15) is 17.7 Å². The third-order valence-corrected chi connectivity index (χ3v) is 9.68. The molecule has 0 N–H and O–H groups in total. The largest absolute Gasteiger partial charge is 0.443 e. The molecule has 6 rings (SSSR count). The molecule has 53 heavy (non-hydrogen) atoms. The molecular formula is C41H54N6O6. The molecule has 4 heterocycles. The van der Waals surface area contributed by atoms with Gasteiger partial charge in [-0.25, -0.2) is 14.5 Å². The molecule has 1 aromatic carbocycles. The number of morpholine rings is 1. The van der Waals surface area contributed by atoms with Gasteiger partial charge in [0, 0.05) is 54.9 Å². The quantitative estimate of drug-likeness (QED) is 0.155. The van der Waals surface area contributed by atoms with Crippen LogP contribution in [-0.2, 0) is 38.5 Å². The van der Waals surface area contributed by atoms with Gasteiger partial charge in [0.25, 0.3) is 0 Å². The van der Waals surface area contributed by atoms with Gasteiger partial charge in [0.2, 0.25) is 5.91 Å². The van der Waals surface area contributed by atoms with E-state index in [1.165, 1.54) is 5.56 Å². The van der Waals surface area contributed by atoms with Crippen molar-refractivity contribution in [2.45, 2.75) is 104 Å². The summed E-state index contributed by atoms with van der Waals surface area (Å²) < 4.78 is 18.8. The molecule has 2 aliphatic rings. The minimum absolute atomic E-state index is 0.0534. The lowest BCUT2D eigenvalue weighted by Crippen LogP contribution is -2.44. The highest BCUT2D eigenvalue weighted by molar-refractivity contribution is 6.09. The molecule has 0 radical (unpaired) electrons. The van der Waals surface area contributed by atoms with Crippen LogP contribution in [0.1, 0.15) is 90.2 Å². The van der Waals surface area contributed by atoms with E-state index in [1.807, 2.05) is 41.6 Å². The van der Waals surface area contributed by atoms with E-state index in [0.717, 1.165) is 57.4 Å². The second-order valence-electron chi connectivity index (χ2n) is 16.0. The molecule has 1 aliphatic carbocycles. The first-order valence-corrected chi connectivity index (χ1v) is 18.9. The number of hydrogen-bond acceptors (Lipinski definition) is 9. The molecule has 0 bridgehead atoms. The fourth-order valence-corrected chi connectivity index (χ4v) is 7.35. The molecule has 1 saturated heterocycles. The Balaban J connectivity index is 1.30. The van der Waals surface area contributed by atoms with Crippen LogP contribution in [-0.4, -0.2) is 97.9 Å². The number of fused-ring (bicyclic) bond motifs is 4. The number of rotatable bonds is 10. The van der Waals surface area contributed by atoms with Crippen molar-refractivity contribution in [2.24, 2.45) is 0 Å². The third-order valence-electron chi connectivity index (χ3n) is 9.68. The summed E-state index contributed by atoms with van der Waals surface area (Å²) in [4.78, 5) is 55.3. The monoisotopic (exact) mass is 726 g/mol. The average molecular weight is 727 g/mol. The first-order chi connectivity index (χ1) is 25.3. The minimum atomic E-state index is -0.765.